The second kappa shape index (κ2) is 10.00. The molecule has 0 saturated carbocycles. The minimum Gasteiger partial charge on any atom is -0.466 e. The molecule has 8 nitrogen and oxygen atoms in total. The number of aryl methyl sites for hydroxylation is 2. The van der Waals surface area contributed by atoms with E-state index in [1.807, 2.05) is 19.1 Å². The first-order valence-corrected chi connectivity index (χ1v) is 13.6. The maximum absolute atomic E-state index is 13.8. The second-order valence-electron chi connectivity index (χ2n) is 9.07. The van der Waals surface area contributed by atoms with Crippen LogP contribution in [0.1, 0.15) is 56.2 Å². The molecule has 0 amide bonds. The molecule has 2 aliphatic rings. The molecule has 2 aromatic rings. The summed E-state index contributed by atoms with van der Waals surface area (Å²) in [5.74, 6) is -0.790. The molecule has 1 aromatic heterocycles. The van der Waals surface area contributed by atoms with Crippen molar-refractivity contribution >= 4 is 16.0 Å². The first kappa shape index (κ1) is 24.6. The fourth-order valence-corrected chi connectivity index (χ4v) is 6.92. The van der Waals surface area contributed by atoms with Gasteiger partial charge in [-0.05, 0) is 69.1 Å². The van der Waals surface area contributed by atoms with E-state index in [9.17, 15) is 18.0 Å². The summed E-state index contributed by atoms with van der Waals surface area (Å²) in [4.78, 5) is 25.2. The van der Waals surface area contributed by atoms with E-state index in [0.717, 1.165) is 42.4 Å². The predicted octanol–water partition coefficient (Wildman–Crippen LogP) is 2.85. The van der Waals surface area contributed by atoms with Crippen LogP contribution in [0.2, 0.25) is 0 Å². The number of piperidine rings is 1. The van der Waals surface area contributed by atoms with Crippen molar-refractivity contribution in [2.45, 2.75) is 63.7 Å². The van der Waals surface area contributed by atoms with E-state index in [-0.39, 0.29) is 29.6 Å². The molecule has 9 heteroatoms. The number of esters is 1. The fraction of sp³-hybridized carbons (Fsp3) is 0.560. The third kappa shape index (κ3) is 4.55. The highest BCUT2D eigenvalue weighted by Crippen LogP contribution is 2.33. The van der Waals surface area contributed by atoms with Crippen molar-refractivity contribution in [2.24, 2.45) is 13.0 Å². The smallest absolute Gasteiger partial charge is 0.310 e. The number of fused-ring (bicyclic) bond motifs is 1. The number of sulfonamides is 1. The molecule has 1 unspecified atom stereocenters. The highest BCUT2D eigenvalue weighted by molar-refractivity contribution is 7.89. The van der Waals surface area contributed by atoms with Crippen molar-refractivity contribution in [3.8, 4) is 11.3 Å². The third-order valence-electron chi connectivity index (χ3n) is 6.90. The number of hydrogen-bond acceptors (Lipinski definition) is 6. The Labute approximate surface area is 201 Å². The van der Waals surface area contributed by atoms with E-state index in [1.54, 1.807) is 20.0 Å². The van der Waals surface area contributed by atoms with Crippen LogP contribution in [0.3, 0.4) is 0 Å². The molecule has 0 bridgehead atoms. The Morgan fingerprint density at radius 1 is 1.15 bits per heavy atom. The molecular weight excluding hydrogens is 454 g/mol. The lowest BCUT2D eigenvalue weighted by Gasteiger charge is -2.31. The van der Waals surface area contributed by atoms with Gasteiger partial charge in [-0.2, -0.15) is 9.40 Å². The number of ether oxygens (including phenoxy) is 1. The monoisotopic (exact) mass is 487 g/mol. The van der Waals surface area contributed by atoms with Gasteiger partial charge in [0.1, 0.15) is 0 Å². The number of rotatable bonds is 6. The maximum Gasteiger partial charge on any atom is 0.310 e. The van der Waals surface area contributed by atoms with Gasteiger partial charge in [0, 0.05) is 31.3 Å². The van der Waals surface area contributed by atoms with Crippen LogP contribution >= 0.6 is 0 Å². The largest absolute Gasteiger partial charge is 0.466 e. The van der Waals surface area contributed by atoms with Crippen molar-refractivity contribution in [2.75, 3.05) is 19.7 Å². The molecule has 4 rings (SSSR count). The van der Waals surface area contributed by atoms with Crippen LogP contribution in [0.5, 0.6) is 0 Å². The summed E-state index contributed by atoms with van der Waals surface area (Å²) in [7, 11) is -2.19. The fourth-order valence-electron chi connectivity index (χ4n) is 5.07. The van der Waals surface area contributed by atoms with Gasteiger partial charge in [-0.25, -0.2) is 13.1 Å². The van der Waals surface area contributed by atoms with Gasteiger partial charge in [0.25, 0.3) is 5.56 Å². The SMILES string of the molecule is CCOC(=O)C1CCCN(S(=O)(=O)c2cc(-c3nn(C)c(=O)c4c3CCCC4)ccc2CC)C1. The third-order valence-corrected chi connectivity index (χ3v) is 8.85. The van der Waals surface area contributed by atoms with Crippen LogP contribution in [-0.4, -0.2) is 48.2 Å². The van der Waals surface area contributed by atoms with Crippen molar-refractivity contribution in [1.29, 1.82) is 0 Å². The summed E-state index contributed by atoms with van der Waals surface area (Å²) in [5.41, 5.74) is 3.75. The Hall–Kier alpha value is -2.52. The number of carbonyl (C=O) groups is 1. The van der Waals surface area contributed by atoms with E-state index in [4.69, 9.17) is 4.74 Å². The predicted molar refractivity (Wildman–Crippen MR) is 129 cm³/mol. The number of benzene rings is 1. The van der Waals surface area contributed by atoms with Gasteiger partial charge in [0.2, 0.25) is 10.0 Å². The van der Waals surface area contributed by atoms with Crippen molar-refractivity contribution in [3.05, 3.63) is 45.2 Å². The molecular formula is C25H33N3O5S. The lowest BCUT2D eigenvalue weighted by atomic mass is 9.89. The molecule has 1 fully saturated rings. The Kier molecular flexibility index (Phi) is 7.23. The van der Waals surface area contributed by atoms with Crippen molar-refractivity contribution in [3.63, 3.8) is 0 Å². The molecule has 0 spiro atoms. The molecule has 1 aliphatic heterocycles. The van der Waals surface area contributed by atoms with Crippen LogP contribution in [0, 0.1) is 5.92 Å². The van der Waals surface area contributed by atoms with Gasteiger partial charge in [-0.1, -0.05) is 19.1 Å². The van der Waals surface area contributed by atoms with E-state index >= 15 is 0 Å². The Bertz CT molecular complexity index is 1250. The van der Waals surface area contributed by atoms with Gasteiger partial charge in [-0.3, -0.25) is 9.59 Å². The van der Waals surface area contributed by atoms with Crippen LogP contribution in [-0.2, 0) is 45.9 Å². The second-order valence-corrected chi connectivity index (χ2v) is 11.0. The minimum absolute atomic E-state index is 0.0743. The highest BCUT2D eigenvalue weighted by Gasteiger charge is 2.35. The molecule has 1 saturated heterocycles. The van der Waals surface area contributed by atoms with Gasteiger partial charge in [0.15, 0.2) is 0 Å². The van der Waals surface area contributed by atoms with Gasteiger partial charge in [-0.15, -0.1) is 0 Å². The number of nitrogens with zero attached hydrogens (tertiary/aromatic N) is 3. The van der Waals surface area contributed by atoms with Crippen LogP contribution in [0.4, 0.5) is 0 Å². The quantitative estimate of drug-likeness (QED) is 0.581. The summed E-state index contributed by atoms with van der Waals surface area (Å²) < 4.78 is 35.5. The number of hydrogen-bond donors (Lipinski definition) is 0. The molecule has 34 heavy (non-hydrogen) atoms. The zero-order valence-corrected chi connectivity index (χ0v) is 21.0. The van der Waals surface area contributed by atoms with E-state index in [0.29, 0.717) is 37.1 Å². The Morgan fingerprint density at radius 2 is 1.88 bits per heavy atom. The molecule has 1 atom stereocenters. The van der Waals surface area contributed by atoms with Gasteiger partial charge >= 0.3 is 5.97 Å². The summed E-state index contributed by atoms with van der Waals surface area (Å²) in [5, 5.41) is 4.54. The summed E-state index contributed by atoms with van der Waals surface area (Å²) >= 11 is 0. The topological polar surface area (TPSA) is 98.6 Å². The van der Waals surface area contributed by atoms with E-state index < -0.39 is 15.9 Å². The van der Waals surface area contributed by atoms with Crippen LogP contribution in [0.25, 0.3) is 11.3 Å². The zero-order valence-electron chi connectivity index (χ0n) is 20.2. The van der Waals surface area contributed by atoms with Gasteiger partial charge < -0.3 is 4.74 Å². The highest BCUT2D eigenvalue weighted by atomic mass is 32.2. The number of carbonyl (C=O) groups excluding carboxylic acids is 1. The Balaban J connectivity index is 1.76. The van der Waals surface area contributed by atoms with E-state index in [1.165, 1.54) is 8.99 Å². The first-order chi connectivity index (χ1) is 16.3. The average molecular weight is 488 g/mol. The molecule has 0 radical (unpaired) electrons. The average Bonchev–Trinajstić information content (AvgIpc) is 2.86. The van der Waals surface area contributed by atoms with Crippen LogP contribution in [0.15, 0.2) is 27.9 Å². The summed E-state index contributed by atoms with van der Waals surface area (Å²) in [6.07, 6.45) is 5.23. The standard InChI is InChI=1S/C25H33N3O5S/c1-4-17-12-13-18(23-20-10-6-7-11-21(20)24(29)27(3)26-23)15-22(17)34(31,32)28-14-8-9-19(16-28)25(30)33-5-2/h12-13,15,19H,4-11,14,16H2,1-3H3. The molecule has 184 valence electrons. The number of aromatic nitrogens is 2. The normalized spacial score (nSPS) is 19.0. The lowest BCUT2D eigenvalue weighted by molar-refractivity contribution is -0.149. The minimum atomic E-state index is -3.83. The molecule has 1 aliphatic carbocycles. The van der Waals surface area contributed by atoms with Crippen molar-refractivity contribution in [1.82, 2.24) is 14.1 Å². The molecule has 0 N–H and O–H groups in total. The Morgan fingerprint density at radius 3 is 2.59 bits per heavy atom. The molecule has 1 aromatic carbocycles. The lowest BCUT2D eigenvalue weighted by Crippen LogP contribution is -2.43. The van der Waals surface area contributed by atoms with Crippen molar-refractivity contribution < 1.29 is 17.9 Å². The maximum atomic E-state index is 13.8. The summed E-state index contributed by atoms with van der Waals surface area (Å²) in [6, 6.07) is 5.44. The van der Waals surface area contributed by atoms with Crippen LogP contribution < -0.4 is 5.56 Å². The molecule has 2 heterocycles. The summed E-state index contributed by atoms with van der Waals surface area (Å²) in [6.45, 7) is 4.46. The van der Waals surface area contributed by atoms with E-state index in [2.05, 4.69) is 5.10 Å². The van der Waals surface area contributed by atoms with Gasteiger partial charge in [0.05, 0.1) is 23.1 Å². The first-order valence-electron chi connectivity index (χ1n) is 12.2. The zero-order chi connectivity index (χ0) is 24.5.